The minimum absolute atomic E-state index is 0.0257. The molecule has 3 N–H and O–H groups in total. The van der Waals surface area contributed by atoms with Crippen LogP contribution in [0, 0.1) is 11.3 Å². The third kappa shape index (κ3) is 4.77. The van der Waals surface area contributed by atoms with Crippen molar-refractivity contribution < 1.29 is 24.2 Å². The summed E-state index contributed by atoms with van der Waals surface area (Å²) in [5.74, 6) is -0.377. The van der Waals surface area contributed by atoms with E-state index in [9.17, 15) is 14.4 Å². The highest BCUT2D eigenvalue weighted by Crippen LogP contribution is 2.63. The highest BCUT2D eigenvalue weighted by molar-refractivity contribution is 5.87. The fraction of sp³-hybridized carbons (Fsp3) is 0.464. The highest BCUT2D eigenvalue weighted by atomic mass is 16.5. The standard InChI is InChI=1S/C28H32N2O5/c31-25(32)12-2-1-7-13-29-26(33)28-15-18(28)14-19(16-28)30-27(34)35-17-24-22-10-5-3-8-20(22)21-9-4-6-11-23(21)24/h3-6,8-11,18-19,24H,1-2,7,12-17H2,(H,29,33)(H,30,34)(H,31,32)/t18-,19+,28+/m0/s1. The number of amides is 2. The zero-order chi connectivity index (χ0) is 24.4. The summed E-state index contributed by atoms with van der Waals surface area (Å²) in [5.41, 5.74) is 4.40. The molecule has 2 fully saturated rings. The number of carboxylic acids is 1. The number of hydrogen-bond donors (Lipinski definition) is 3. The largest absolute Gasteiger partial charge is 0.481 e. The summed E-state index contributed by atoms with van der Waals surface area (Å²) in [4.78, 5) is 36.0. The van der Waals surface area contributed by atoms with Gasteiger partial charge in [0.25, 0.3) is 0 Å². The molecule has 2 amide bonds. The predicted octanol–water partition coefficient (Wildman–Crippen LogP) is 4.46. The first-order valence-corrected chi connectivity index (χ1v) is 12.6. The molecule has 0 aromatic heterocycles. The lowest BCUT2D eigenvalue weighted by atomic mass is 9.98. The molecule has 3 aliphatic rings. The number of benzene rings is 2. The zero-order valence-electron chi connectivity index (χ0n) is 19.8. The summed E-state index contributed by atoms with van der Waals surface area (Å²) in [7, 11) is 0. The van der Waals surface area contributed by atoms with Gasteiger partial charge < -0.3 is 20.5 Å². The van der Waals surface area contributed by atoms with E-state index >= 15 is 0 Å². The lowest BCUT2D eigenvalue weighted by molar-refractivity contribution is -0.137. The van der Waals surface area contributed by atoms with Crippen molar-refractivity contribution in [2.75, 3.05) is 13.2 Å². The number of fused-ring (bicyclic) bond motifs is 4. The van der Waals surface area contributed by atoms with Crippen LogP contribution in [0.25, 0.3) is 11.1 Å². The Balaban J connectivity index is 1.08. The Morgan fingerprint density at radius 3 is 2.31 bits per heavy atom. The number of unbranched alkanes of at least 4 members (excludes halogenated alkanes) is 2. The zero-order valence-corrected chi connectivity index (χ0v) is 19.8. The Labute approximate surface area is 205 Å². The van der Waals surface area contributed by atoms with Crippen molar-refractivity contribution in [2.45, 2.75) is 56.9 Å². The van der Waals surface area contributed by atoms with Gasteiger partial charge in [0.15, 0.2) is 0 Å². The fourth-order valence-corrected chi connectivity index (χ4v) is 6.05. The monoisotopic (exact) mass is 476 g/mol. The average Bonchev–Trinajstić information content (AvgIpc) is 3.27. The van der Waals surface area contributed by atoms with Crippen molar-refractivity contribution in [3.8, 4) is 11.1 Å². The van der Waals surface area contributed by atoms with Gasteiger partial charge in [-0.05, 0) is 60.3 Å². The molecule has 3 atom stereocenters. The molecule has 184 valence electrons. The van der Waals surface area contributed by atoms with E-state index in [0.717, 1.165) is 25.7 Å². The van der Waals surface area contributed by atoms with E-state index in [1.165, 1.54) is 22.3 Å². The molecule has 0 aliphatic heterocycles. The van der Waals surface area contributed by atoms with Crippen molar-refractivity contribution in [1.82, 2.24) is 10.6 Å². The van der Waals surface area contributed by atoms with Crippen LogP contribution in [-0.2, 0) is 14.3 Å². The number of rotatable bonds is 10. The SMILES string of the molecule is O=C(O)CCCCCNC(=O)[C@]12C[C@H](NC(=O)OCC3c4ccccc4-c4ccccc43)C[C@H]1C2. The molecular formula is C28H32N2O5. The van der Waals surface area contributed by atoms with Gasteiger partial charge >= 0.3 is 12.1 Å². The Morgan fingerprint density at radius 1 is 0.943 bits per heavy atom. The van der Waals surface area contributed by atoms with Crippen molar-refractivity contribution in [3.05, 3.63) is 59.7 Å². The molecule has 7 heteroatoms. The summed E-state index contributed by atoms with van der Waals surface area (Å²) in [6, 6.07) is 16.5. The topological polar surface area (TPSA) is 105 Å². The van der Waals surface area contributed by atoms with Gasteiger partial charge in [0, 0.05) is 24.9 Å². The van der Waals surface area contributed by atoms with Gasteiger partial charge in [0.2, 0.25) is 5.91 Å². The molecule has 0 heterocycles. The fourth-order valence-electron chi connectivity index (χ4n) is 6.05. The summed E-state index contributed by atoms with van der Waals surface area (Å²) < 4.78 is 5.67. The van der Waals surface area contributed by atoms with Gasteiger partial charge in [-0.15, -0.1) is 0 Å². The lowest BCUT2D eigenvalue weighted by Gasteiger charge is -2.19. The Kier molecular flexibility index (Phi) is 6.50. The maximum Gasteiger partial charge on any atom is 0.407 e. The number of nitrogens with one attached hydrogen (secondary N) is 2. The maximum atomic E-state index is 12.8. The second kappa shape index (κ2) is 9.72. The van der Waals surface area contributed by atoms with E-state index in [2.05, 4.69) is 34.9 Å². The Bertz CT molecular complexity index is 1090. The number of ether oxygens (including phenoxy) is 1. The second-order valence-electron chi connectivity index (χ2n) is 10.1. The van der Waals surface area contributed by atoms with E-state index in [1.807, 2.05) is 24.3 Å². The van der Waals surface area contributed by atoms with Crippen LogP contribution >= 0.6 is 0 Å². The first-order valence-electron chi connectivity index (χ1n) is 12.6. The lowest BCUT2D eigenvalue weighted by Crippen LogP contribution is -2.38. The van der Waals surface area contributed by atoms with Crippen LogP contribution in [0.3, 0.4) is 0 Å². The van der Waals surface area contributed by atoms with Gasteiger partial charge in [-0.25, -0.2) is 4.79 Å². The molecule has 2 aromatic carbocycles. The quantitative estimate of drug-likeness (QED) is 0.439. The number of aliphatic carboxylic acids is 1. The molecule has 0 unspecified atom stereocenters. The van der Waals surface area contributed by atoms with Crippen LogP contribution in [0.1, 0.15) is 62.0 Å². The molecule has 0 spiro atoms. The first-order chi connectivity index (χ1) is 17.0. The molecule has 0 bridgehead atoms. The minimum Gasteiger partial charge on any atom is -0.481 e. The summed E-state index contributed by atoms with van der Waals surface area (Å²) in [5, 5.41) is 14.7. The number of alkyl carbamates (subject to hydrolysis) is 1. The summed E-state index contributed by atoms with van der Waals surface area (Å²) in [6.07, 6.45) is 4.26. The third-order valence-electron chi connectivity index (χ3n) is 7.88. The van der Waals surface area contributed by atoms with Crippen LogP contribution in [-0.4, -0.2) is 42.3 Å². The Hall–Kier alpha value is -3.35. The van der Waals surface area contributed by atoms with Crippen molar-refractivity contribution in [3.63, 3.8) is 0 Å². The molecule has 2 aromatic rings. The molecule has 7 nitrogen and oxygen atoms in total. The van der Waals surface area contributed by atoms with Crippen molar-refractivity contribution in [1.29, 1.82) is 0 Å². The van der Waals surface area contributed by atoms with Gasteiger partial charge in [0.1, 0.15) is 6.61 Å². The molecule has 0 saturated heterocycles. The van der Waals surface area contributed by atoms with Gasteiger partial charge in [-0.3, -0.25) is 9.59 Å². The number of carboxylic acid groups (broad SMARTS) is 1. The number of hydrogen-bond acceptors (Lipinski definition) is 4. The smallest absolute Gasteiger partial charge is 0.407 e. The van der Waals surface area contributed by atoms with Crippen molar-refractivity contribution in [2.24, 2.45) is 11.3 Å². The minimum atomic E-state index is -0.783. The van der Waals surface area contributed by atoms with E-state index < -0.39 is 12.1 Å². The number of carbonyl (C=O) groups excluding carboxylic acids is 2. The van der Waals surface area contributed by atoms with Crippen LogP contribution in [0.4, 0.5) is 4.79 Å². The second-order valence-corrected chi connectivity index (χ2v) is 10.1. The van der Waals surface area contributed by atoms with E-state index in [4.69, 9.17) is 9.84 Å². The van der Waals surface area contributed by atoms with E-state index in [0.29, 0.717) is 25.3 Å². The molecule has 5 rings (SSSR count). The van der Waals surface area contributed by atoms with Crippen LogP contribution in [0.15, 0.2) is 48.5 Å². The van der Waals surface area contributed by atoms with Crippen LogP contribution in [0.5, 0.6) is 0 Å². The Morgan fingerprint density at radius 2 is 1.63 bits per heavy atom. The van der Waals surface area contributed by atoms with Crippen molar-refractivity contribution >= 4 is 18.0 Å². The van der Waals surface area contributed by atoms with Gasteiger partial charge in [0.05, 0.1) is 5.41 Å². The first kappa shape index (κ1) is 23.4. The van der Waals surface area contributed by atoms with Gasteiger partial charge in [-0.2, -0.15) is 0 Å². The average molecular weight is 477 g/mol. The van der Waals surface area contributed by atoms with Crippen LogP contribution < -0.4 is 10.6 Å². The molecule has 0 radical (unpaired) electrons. The van der Waals surface area contributed by atoms with Gasteiger partial charge in [-0.1, -0.05) is 55.0 Å². The molecule has 2 saturated carbocycles. The van der Waals surface area contributed by atoms with E-state index in [-0.39, 0.29) is 36.3 Å². The van der Waals surface area contributed by atoms with Crippen LogP contribution in [0.2, 0.25) is 0 Å². The number of carbonyl (C=O) groups is 3. The normalized spacial score (nSPS) is 23.7. The highest BCUT2D eigenvalue weighted by Gasteiger charge is 2.65. The molecule has 35 heavy (non-hydrogen) atoms. The summed E-state index contributed by atoms with van der Waals surface area (Å²) >= 11 is 0. The molecular weight excluding hydrogens is 444 g/mol. The predicted molar refractivity (Wildman–Crippen MR) is 131 cm³/mol. The third-order valence-corrected chi connectivity index (χ3v) is 7.88. The maximum absolute atomic E-state index is 12.8. The molecule has 3 aliphatic carbocycles. The summed E-state index contributed by atoms with van der Waals surface area (Å²) in [6.45, 7) is 0.848. The van der Waals surface area contributed by atoms with E-state index in [1.54, 1.807) is 0 Å².